The number of rotatable bonds is 37. The Morgan fingerprint density at radius 3 is 1.57 bits per heavy atom. The van der Waals surface area contributed by atoms with E-state index in [9.17, 15) is 19.4 Å². The zero-order valence-corrected chi connectivity index (χ0v) is 33.8. The Morgan fingerprint density at radius 1 is 0.673 bits per heavy atom. The van der Waals surface area contributed by atoms with E-state index < -0.39 is 20.0 Å². The second kappa shape index (κ2) is 33.1. The van der Waals surface area contributed by atoms with Crippen molar-refractivity contribution >= 4 is 13.7 Å². The monoisotopic (exact) mass is 718 g/mol. The zero-order chi connectivity index (χ0) is 36.5. The maximum Gasteiger partial charge on any atom is 0.472 e. The second-order valence-corrected chi connectivity index (χ2v) is 16.8. The molecule has 3 atom stereocenters. The van der Waals surface area contributed by atoms with Crippen LogP contribution in [0.5, 0.6) is 0 Å². The molecule has 3 N–H and O–H groups in total. The summed E-state index contributed by atoms with van der Waals surface area (Å²) in [6.07, 6.45) is 35.2. The lowest BCUT2D eigenvalue weighted by Gasteiger charge is -2.26. The highest BCUT2D eigenvalue weighted by molar-refractivity contribution is 7.47. The van der Waals surface area contributed by atoms with Crippen LogP contribution in [0.4, 0.5) is 0 Å². The average Bonchev–Trinajstić information content (AvgIpc) is 3.04. The number of phosphoric ester groups is 1. The molecule has 0 rings (SSSR count). The van der Waals surface area contributed by atoms with E-state index in [2.05, 4.69) is 31.3 Å². The molecule has 0 aliphatic rings. The molecule has 0 spiro atoms. The molecule has 0 aromatic rings. The van der Waals surface area contributed by atoms with Crippen LogP contribution in [0.1, 0.15) is 187 Å². The van der Waals surface area contributed by atoms with E-state index in [1.165, 1.54) is 109 Å². The third-order valence-electron chi connectivity index (χ3n) is 9.26. The van der Waals surface area contributed by atoms with Crippen LogP contribution in [0.3, 0.4) is 0 Å². The van der Waals surface area contributed by atoms with Crippen LogP contribution in [-0.4, -0.2) is 73.4 Å². The highest BCUT2D eigenvalue weighted by Crippen LogP contribution is 2.43. The van der Waals surface area contributed by atoms with E-state index in [-0.39, 0.29) is 19.1 Å². The predicted molar refractivity (Wildman–Crippen MR) is 208 cm³/mol. The smallest absolute Gasteiger partial charge is 0.391 e. The van der Waals surface area contributed by atoms with Crippen molar-refractivity contribution in [3.8, 4) is 0 Å². The largest absolute Gasteiger partial charge is 0.472 e. The van der Waals surface area contributed by atoms with Gasteiger partial charge in [0.15, 0.2) is 0 Å². The summed E-state index contributed by atoms with van der Waals surface area (Å²) in [5.74, 6) is -0.155. The number of carbonyl (C=O) groups excluding carboxylic acids is 1. The summed E-state index contributed by atoms with van der Waals surface area (Å²) in [5, 5.41) is 13.8. The van der Waals surface area contributed by atoms with Crippen LogP contribution in [-0.2, 0) is 18.4 Å². The first-order valence-electron chi connectivity index (χ1n) is 20.6. The van der Waals surface area contributed by atoms with Crippen molar-refractivity contribution in [2.45, 2.75) is 199 Å². The van der Waals surface area contributed by atoms with Crippen molar-refractivity contribution in [2.24, 2.45) is 0 Å². The lowest BCUT2D eigenvalue weighted by molar-refractivity contribution is -0.870. The summed E-state index contributed by atoms with van der Waals surface area (Å²) in [4.78, 5) is 23.0. The van der Waals surface area contributed by atoms with Gasteiger partial charge in [-0.1, -0.05) is 154 Å². The molecule has 0 radical (unpaired) electrons. The number of nitrogens with zero attached hydrogens (tertiary/aromatic N) is 1. The van der Waals surface area contributed by atoms with Crippen LogP contribution >= 0.6 is 7.82 Å². The number of allylic oxidation sites excluding steroid dienone is 2. The molecule has 3 unspecified atom stereocenters. The Balaban J connectivity index is 4.33. The number of carbonyl (C=O) groups is 1. The fourth-order valence-corrected chi connectivity index (χ4v) is 6.66. The van der Waals surface area contributed by atoms with Crippen molar-refractivity contribution in [3.63, 3.8) is 0 Å². The number of hydrogen-bond donors (Lipinski definition) is 3. The molecule has 0 fully saturated rings. The first kappa shape index (κ1) is 48.2. The third-order valence-corrected chi connectivity index (χ3v) is 10.2. The summed E-state index contributed by atoms with van der Waals surface area (Å²) < 4.78 is 23.5. The fourth-order valence-electron chi connectivity index (χ4n) is 5.92. The molecule has 49 heavy (non-hydrogen) atoms. The van der Waals surface area contributed by atoms with Gasteiger partial charge in [0.05, 0.1) is 39.9 Å². The Hall–Kier alpha value is -0.760. The maximum absolute atomic E-state index is 12.8. The minimum absolute atomic E-state index is 0.0744. The normalized spacial score (nSPS) is 14.7. The van der Waals surface area contributed by atoms with Gasteiger partial charge in [-0.05, 0) is 38.5 Å². The van der Waals surface area contributed by atoms with Gasteiger partial charge in [-0.3, -0.25) is 13.8 Å². The van der Waals surface area contributed by atoms with E-state index in [0.29, 0.717) is 23.9 Å². The third kappa shape index (κ3) is 35.4. The van der Waals surface area contributed by atoms with Gasteiger partial charge in [0.2, 0.25) is 5.91 Å². The van der Waals surface area contributed by atoms with Gasteiger partial charge in [0.25, 0.3) is 0 Å². The quantitative estimate of drug-likeness (QED) is 0.0256. The summed E-state index contributed by atoms with van der Waals surface area (Å²) in [6, 6.07) is -0.758. The standard InChI is InChI=1S/C40H81N2O6P/c1-6-8-10-12-14-16-17-18-19-20-21-22-23-24-26-28-30-32-34-40(44)41-38(37-48-49(45,46)47-36-35-42(3,4)5)39(43)33-31-29-27-25-15-13-11-9-7-2/h21-22,38-39,43H,6-20,23-37H2,1-5H3,(H-,41,44,45,46)/p+1/b22-21-. The molecular formula is C40H82N2O6P+. The van der Waals surface area contributed by atoms with Crippen molar-refractivity contribution in [1.82, 2.24) is 5.32 Å². The Kier molecular flexibility index (Phi) is 32.6. The lowest BCUT2D eigenvalue weighted by atomic mass is 10.0. The molecule has 8 nitrogen and oxygen atoms in total. The van der Waals surface area contributed by atoms with Gasteiger partial charge in [-0.15, -0.1) is 0 Å². The number of likely N-dealkylation sites (N-methyl/N-ethyl adjacent to an activating group) is 1. The number of nitrogens with one attached hydrogen (secondary N) is 1. The first-order valence-corrected chi connectivity index (χ1v) is 22.0. The molecule has 0 aromatic heterocycles. The number of quaternary nitrogens is 1. The molecule has 0 saturated carbocycles. The zero-order valence-electron chi connectivity index (χ0n) is 32.9. The summed E-state index contributed by atoms with van der Waals surface area (Å²) in [7, 11) is 1.61. The SMILES string of the molecule is CCCCCCCCCCC/C=C\CCCCCCCC(=O)NC(COP(=O)(O)OCC[N+](C)(C)C)C(O)CCCCCCCCCCC. The predicted octanol–water partition coefficient (Wildman–Crippen LogP) is 10.8. The Morgan fingerprint density at radius 2 is 1.10 bits per heavy atom. The number of aliphatic hydroxyl groups excluding tert-OH is 1. The van der Waals surface area contributed by atoms with E-state index in [1.807, 2.05) is 21.1 Å². The number of hydrogen-bond acceptors (Lipinski definition) is 5. The van der Waals surface area contributed by atoms with Crippen molar-refractivity contribution < 1.29 is 32.9 Å². The van der Waals surface area contributed by atoms with E-state index in [1.54, 1.807) is 0 Å². The van der Waals surface area contributed by atoms with Gasteiger partial charge in [-0.2, -0.15) is 0 Å². The molecular weight excluding hydrogens is 635 g/mol. The highest BCUT2D eigenvalue weighted by Gasteiger charge is 2.28. The van der Waals surface area contributed by atoms with Crippen LogP contribution in [0.25, 0.3) is 0 Å². The van der Waals surface area contributed by atoms with Crippen molar-refractivity contribution in [1.29, 1.82) is 0 Å². The average molecular weight is 718 g/mol. The van der Waals surface area contributed by atoms with Crippen LogP contribution < -0.4 is 5.32 Å². The lowest BCUT2D eigenvalue weighted by Crippen LogP contribution is -2.46. The number of phosphoric acid groups is 1. The topological polar surface area (TPSA) is 105 Å². The molecule has 0 saturated heterocycles. The second-order valence-electron chi connectivity index (χ2n) is 15.4. The van der Waals surface area contributed by atoms with Gasteiger partial charge >= 0.3 is 7.82 Å². The van der Waals surface area contributed by atoms with E-state index in [0.717, 1.165) is 51.4 Å². The summed E-state index contributed by atoms with van der Waals surface area (Å²) >= 11 is 0. The molecule has 0 aromatic carbocycles. The van der Waals surface area contributed by atoms with E-state index in [4.69, 9.17) is 9.05 Å². The minimum atomic E-state index is -4.30. The van der Waals surface area contributed by atoms with Gasteiger partial charge < -0.3 is 19.8 Å². The van der Waals surface area contributed by atoms with E-state index >= 15 is 0 Å². The molecule has 0 aliphatic heterocycles. The molecule has 0 aliphatic carbocycles. The van der Waals surface area contributed by atoms with Crippen LogP contribution in [0.15, 0.2) is 12.2 Å². The maximum atomic E-state index is 12.8. The number of amides is 1. The highest BCUT2D eigenvalue weighted by atomic mass is 31.2. The summed E-state index contributed by atoms with van der Waals surface area (Å²) in [6.45, 7) is 4.85. The molecule has 9 heteroatoms. The van der Waals surface area contributed by atoms with Gasteiger partial charge in [-0.25, -0.2) is 4.57 Å². The number of aliphatic hydroxyl groups is 1. The molecule has 292 valence electrons. The fraction of sp³-hybridized carbons (Fsp3) is 0.925. The number of unbranched alkanes of at least 4 members (excludes halogenated alkanes) is 22. The molecule has 0 bridgehead atoms. The first-order chi connectivity index (χ1) is 23.5. The van der Waals surface area contributed by atoms with Crippen molar-refractivity contribution in [3.05, 3.63) is 12.2 Å². The molecule has 1 amide bonds. The minimum Gasteiger partial charge on any atom is -0.391 e. The Bertz CT molecular complexity index is 819. The molecule has 0 heterocycles. The van der Waals surface area contributed by atoms with Crippen LogP contribution in [0, 0.1) is 0 Å². The van der Waals surface area contributed by atoms with Gasteiger partial charge in [0, 0.05) is 6.42 Å². The Labute approximate surface area is 303 Å². The summed E-state index contributed by atoms with van der Waals surface area (Å²) in [5.41, 5.74) is 0. The van der Waals surface area contributed by atoms with Crippen molar-refractivity contribution in [2.75, 3.05) is 40.9 Å². The van der Waals surface area contributed by atoms with Crippen LogP contribution in [0.2, 0.25) is 0 Å². The van der Waals surface area contributed by atoms with Gasteiger partial charge in [0.1, 0.15) is 13.2 Å².